The van der Waals surface area contributed by atoms with Crippen molar-refractivity contribution in [3.8, 4) is 0 Å². The second-order valence-electron chi connectivity index (χ2n) is 9.23. The standard InChI is InChI=1S/C29H32N6O4S/c1-21-26(38-20-24(33-35-31)17-32-34-30)27(36-18-22-11-5-2-6-12-22)28(37-19-23-13-7-3-8-14-23)29(39-21)40-25-15-9-4-10-16-25/h2-16,21,24,26-29H,17-20H2,1H3/t21-,24-,26-,27+,28-,29+/m1/s1. The van der Waals surface area contributed by atoms with Gasteiger partial charge >= 0.3 is 0 Å². The third kappa shape index (κ3) is 8.74. The molecule has 0 bridgehead atoms. The minimum atomic E-state index is -0.664. The first-order chi connectivity index (χ1) is 19.7. The van der Waals surface area contributed by atoms with Crippen molar-refractivity contribution in [1.29, 1.82) is 0 Å². The first kappa shape index (κ1) is 29.5. The molecule has 1 fully saturated rings. The number of hydrogen-bond donors (Lipinski definition) is 0. The minimum absolute atomic E-state index is 0.0154. The molecule has 0 radical (unpaired) electrons. The van der Waals surface area contributed by atoms with Crippen LogP contribution in [0.4, 0.5) is 0 Å². The number of ether oxygens (including phenoxy) is 4. The zero-order valence-corrected chi connectivity index (χ0v) is 23.0. The van der Waals surface area contributed by atoms with Crippen molar-refractivity contribution in [2.45, 2.75) is 60.9 Å². The Hall–Kier alpha value is -3.53. The van der Waals surface area contributed by atoms with E-state index in [-0.39, 0.29) is 24.7 Å². The van der Waals surface area contributed by atoms with Crippen molar-refractivity contribution in [3.05, 3.63) is 123 Å². The molecule has 40 heavy (non-hydrogen) atoms. The summed E-state index contributed by atoms with van der Waals surface area (Å²) in [5.74, 6) is 0. The van der Waals surface area contributed by atoms with Gasteiger partial charge in [0, 0.05) is 21.3 Å². The van der Waals surface area contributed by atoms with Gasteiger partial charge in [0.2, 0.25) is 0 Å². The molecule has 6 atom stereocenters. The summed E-state index contributed by atoms with van der Waals surface area (Å²) in [5, 5.41) is 7.28. The molecule has 1 aliphatic rings. The largest absolute Gasteiger partial charge is 0.372 e. The van der Waals surface area contributed by atoms with Crippen LogP contribution in [0.2, 0.25) is 0 Å². The van der Waals surface area contributed by atoms with E-state index in [9.17, 15) is 0 Å². The highest BCUT2D eigenvalue weighted by atomic mass is 32.2. The zero-order chi connectivity index (χ0) is 28.0. The Labute approximate surface area is 237 Å². The van der Waals surface area contributed by atoms with Gasteiger partial charge in [-0.1, -0.05) is 101 Å². The number of benzene rings is 3. The van der Waals surface area contributed by atoms with E-state index in [1.165, 1.54) is 0 Å². The maximum Gasteiger partial charge on any atom is 0.136 e. The van der Waals surface area contributed by atoms with E-state index < -0.39 is 24.4 Å². The van der Waals surface area contributed by atoms with Crippen LogP contribution in [0, 0.1) is 0 Å². The van der Waals surface area contributed by atoms with E-state index in [0.29, 0.717) is 13.2 Å². The highest BCUT2D eigenvalue weighted by Crippen LogP contribution is 2.37. The molecular weight excluding hydrogens is 528 g/mol. The summed E-state index contributed by atoms with van der Waals surface area (Å²) in [6, 6.07) is 29.2. The molecule has 0 aliphatic carbocycles. The lowest BCUT2D eigenvalue weighted by atomic mass is 9.99. The summed E-state index contributed by atoms with van der Waals surface area (Å²) >= 11 is 1.58. The maximum absolute atomic E-state index is 8.98. The lowest BCUT2D eigenvalue weighted by molar-refractivity contribution is -0.240. The van der Waals surface area contributed by atoms with Gasteiger partial charge in [0.05, 0.1) is 32.0 Å². The third-order valence-electron chi connectivity index (χ3n) is 6.34. The molecule has 1 heterocycles. The van der Waals surface area contributed by atoms with Crippen LogP contribution in [0.3, 0.4) is 0 Å². The van der Waals surface area contributed by atoms with Gasteiger partial charge in [-0.15, -0.1) is 0 Å². The summed E-state index contributed by atoms with van der Waals surface area (Å²) in [6.45, 7) is 2.67. The minimum Gasteiger partial charge on any atom is -0.372 e. The van der Waals surface area contributed by atoms with Gasteiger partial charge in [0.15, 0.2) is 0 Å². The summed E-state index contributed by atoms with van der Waals surface area (Å²) in [6.07, 6.45) is -1.92. The Kier molecular flexibility index (Phi) is 11.7. The average molecular weight is 561 g/mol. The number of thioether (sulfide) groups is 1. The number of nitrogens with zero attached hydrogens (tertiary/aromatic N) is 6. The van der Waals surface area contributed by atoms with E-state index in [2.05, 4.69) is 20.1 Å². The fourth-order valence-corrected chi connectivity index (χ4v) is 5.56. The van der Waals surface area contributed by atoms with Crippen LogP contribution in [0.25, 0.3) is 20.9 Å². The summed E-state index contributed by atoms with van der Waals surface area (Å²) < 4.78 is 25.9. The van der Waals surface area contributed by atoms with Gasteiger partial charge in [-0.05, 0) is 41.2 Å². The van der Waals surface area contributed by atoms with E-state index >= 15 is 0 Å². The van der Waals surface area contributed by atoms with Gasteiger partial charge < -0.3 is 18.9 Å². The van der Waals surface area contributed by atoms with E-state index in [1.54, 1.807) is 11.8 Å². The molecule has 1 saturated heterocycles. The summed E-state index contributed by atoms with van der Waals surface area (Å²) in [5.41, 5.74) is 19.4. The number of hydrogen-bond acceptors (Lipinski definition) is 7. The highest BCUT2D eigenvalue weighted by Gasteiger charge is 2.47. The SMILES string of the molecule is C[C@H]1O[C@@H](Sc2ccccc2)[C@H](OCc2ccccc2)[C@@H](OCc2ccccc2)[C@@H]1OC[C@@H](CN=[N+]=[N-])N=[N+]=[N-]. The number of azide groups is 2. The molecule has 3 aromatic rings. The molecule has 0 aromatic heterocycles. The monoisotopic (exact) mass is 560 g/mol. The summed E-state index contributed by atoms with van der Waals surface area (Å²) in [7, 11) is 0. The maximum atomic E-state index is 8.98. The fourth-order valence-electron chi connectivity index (χ4n) is 4.38. The van der Waals surface area contributed by atoms with Crippen LogP contribution in [-0.4, -0.2) is 49.0 Å². The molecule has 0 spiro atoms. The first-order valence-electron chi connectivity index (χ1n) is 13.0. The molecule has 0 unspecified atom stereocenters. The fraction of sp³-hybridized carbons (Fsp3) is 0.379. The van der Waals surface area contributed by atoms with Crippen molar-refractivity contribution in [1.82, 2.24) is 0 Å². The van der Waals surface area contributed by atoms with Crippen molar-refractivity contribution in [2.24, 2.45) is 10.2 Å². The quantitative estimate of drug-likeness (QED) is 0.118. The molecule has 4 rings (SSSR count). The molecule has 1 aliphatic heterocycles. The summed E-state index contributed by atoms with van der Waals surface area (Å²) in [4.78, 5) is 6.70. The third-order valence-corrected chi connectivity index (χ3v) is 7.50. The Morgan fingerprint density at radius 1 is 0.775 bits per heavy atom. The van der Waals surface area contributed by atoms with Gasteiger partial charge in [-0.2, -0.15) is 0 Å². The predicted molar refractivity (Wildman–Crippen MR) is 153 cm³/mol. The van der Waals surface area contributed by atoms with Crippen LogP contribution < -0.4 is 0 Å². The first-order valence-corrected chi connectivity index (χ1v) is 13.9. The van der Waals surface area contributed by atoms with Gasteiger partial charge in [0.25, 0.3) is 0 Å². The molecule has 208 valence electrons. The molecule has 10 nitrogen and oxygen atoms in total. The van der Waals surface area contributed by atoms with Gasteiger partial charge in [-0.25, -0.2) is 0 Å². The van der Waals surface area contributed by atoms with Crippen LogP contribution in [-0.2, 0) is 32.2 Å². The van der Waals surface area contributed by atoms with Crippen LogP contribution in [0.15, 0.2) is 106 Å². The molecular formula is C29H32N6O4S. The Bertz CT molecular complexity index is 1260. The van der Waals surface area contributed by atoms with Crippen molar-refractivity contribution < 1.29 is 18.9 Å². The van der Waals surface area contributed by atoms with Crippen molar-refractivity contribution >= 4 is 11.8 Å². The normalized spacial score (nSPS) is 23.0. The Morgan fingerprint density at radius 2 is 1.35 bits per heavy atom. The second kappa shape index (κ2) is 15.9. The zero-order valence-electron chi connectivity index (χ0n) is 22.2. The Morgan fingerprint density at radius 3 is 1.93 bits per heavy atom. The van der Waals surface area contributed by atoms with Crippen molar-refractivity contribution in [2.75, 3.05) is 13.2 Å². The Balaban J connectivity index is 1.61. The van der Waals surface area contributed by atoms with Crippen LogP contribution >= 0.6 is 11.8 Å². The van der Waals surface area contributed by atoms with Gasteiger partial charge in [0.1, 0.15) is 23.7 Å². The lowest BCUT2D eigenvalue weighted by Crippen LogP contribution is -2.58. The molecule has 3 aromatic carbocycles. The topological polar surface area (TPSA) is 134 Å². The average Bonchev–Trinajstić information content (AvgIpc) is 2.99. The molecule has 0 N–H and O–H groups in total. The smallest absolute Gasteiger partial charge is 0.136 e. The van der Waals surface area contributed by atoms with E-state index in [4.69, 9.17) is 30.0 Å². The highest BCUT2D eigenvalue weighted by molar-refractivity contribution is 7.99. The van der Waals surface area contributed by atoms with Crippen LogP contribution in [0.1, 0.15) is 18.1 Å². The predicted octanol–water partition coefficient (Wildman–Crippen LogP) is 7.07. The molecule has 0 amide bonds. The van der Waals surface area contributed by atoms with Crippen LogP contribution in [0.5, 0.6) is 0 Å². The van der Waals surface area contributed by atoms with E-state index in [0.717, 1.165) is 16.0 Å². The second-order valence-corrected chi connectivity index (χ2v) is 10.4. The molecule has 0 saturated carbocycles. The lowest BCUT2D eigenvalue weighted by Gasteiger charge is -2.45. The van der Waals surface area contributed by atoms with Gasteiger partial charge in [-0.3, -0.25) is 0 Å². The van der Waals surface area contributed by atoms with Crippen molar-refractivity contribution in [3.63, 3.8) is 0 Å². The van der Waals surface area contributed by atoms with E-state index in [1.807, 2.05) is 97.9 Å². The molecule has 11 heteroatoms. The number of rotatable bonds is 14.